The zero-order chi connectivity index (χ0) is 15.5. The van der Waals surface area contributed by atoms with Crippen LogP contribution in [0.15, 0.2) is 36.7 Å². The predicted octanol–water partition coefficient (Wildman–Crippen LogP) is 2.41. The van der Waals surface area contributed by atoms with Gasteiger partial charge < -0.3 is 5.11 Å². The van der Waals surface area contributed by atoms with Crippen molar-refractivity contribution in [3.05, 3.63) is 53.3 Å². The van der Waals surface area contributed by atoms with Crippen LogP contribution in [0.2, 0.25) is 0 Å². The van der Waals surface area contributed by atoms with Crippen LogP contribution in [0.5, 0.6) is 0 Å². The van der Waals surface area contributed by atoms with E-state index >= 15 is 0 Å². The molecule has 5 nitrogen and oxygen atoms in total. The summed E-state index contributed by atoms with van der Waals surface area (Å²) in [4.78, 5) is 13.4. The summed E-state index contributed by atoms with van der Waals surface area (Å²) in [6.45, 7) is 1.87. The molecule has 3 rings (SSSR count). The molecule has 2 aromatic rings. The van der Waals surface area contributed by atoms with E-state index in [1.807, 2.05) is 41.8 Å². The van der Waals surface area contributed by atoms with Crippen LogP contribution in [0, 0.1) is 0 Å². The van der Waals surface area contributed by atoms with Gasteiger partial charge in [0.2, 0.25) is 0 Å². The first-order valence-corrected chi connectivity index (χ1v) is 8.41. The third-order valence-electron chi connectivity index (χ3n) is 3.94. The van der Waals surface area contributed by atoms with Gasteiger partial charge in [-0.05, 0) is 17.7 Å². The predicted molar refractivity (Wildman–Crippen MR) is 87.1 cm³/mol. The summed E-state index contributed by atoms with van der Waals surface area (Å²) in [5, 5.41) is 13.2. The Balaban J connectivity index is 1.75. The number of nitrogens with zero attached hydrogens (tertiary/aromatic N) is 3. The Bertz CT molecular complexity index is 654. The fourth-order valence-corrected chi connectivity index (χ4v) is 3.89. The van der Waals surface area contributed by atoms with Crippen LogP contribution in [-0.2, 0) is 13.6 Å². The molecule has 22 heavy (non-hydrogen) atoms. The van der Waals surface area contributed by atoms with Crippen LogP contribution in [0.3, 0.4) is 0 Å². The highest BCUT2D eigenvalue weighted by molar-refractivity contribution is 7.99. The summed E-state index contributed by atoms with van der Waals surface area (Å²) in [6.07, 6.45) is 4.02. The number of hydrogen-bond acceptors (Lipinski definition) is 4. The van der Waals surface area contributed by atoms with E-state index in [0.29, 0.717) is 11.6 Å². The molecule has 1 aliphatic heterocycles. The molecule has 2 heterocycles. The van der Waals surface area contributed by atoms with Crippen molar-refractivity contribution in [2.75, 3.05) is 18.1 Å². The van der Waals surface area contributed by atoms with Gasteiger partial charge in [0.1, 0.15) is 0 Å². The highest BCUT2D eigenvalue weighted by Gasteiger charge is 2.25. The van der Waals surface area contributed by atoms with Gasteiger partial charge in [0.25, 0.3) is 0 Å². The van der Waals surface area contributed by atoms with Crippen molar-refractivity contribution in [3.63, 3.8) is 0 Å². The van der Waals surface area contributed by atoms with E-state index < -0.39 is 5.97 Å². The number of aromatic nitrogens is 2. The molecule has 0 saturated carbocycles. The highest BCUT2D eigenvalue weighted by atomic mass is 32.2. The van der Waals surface area contributed by atoms with Crippen molar-refractivity contribution in [1.29, 1.82) is 0 Å². The number of thioether (sulfide) groups is 1. The van der Waals surface area contributed by atoms with Crippen molar-refractivity contribution in [2.45, 2.75) is 12.6 Å². The number of aryl methyl sites for hydroxylation is 1. The van der Waals surface area contributed by atoms with Gasteiger partial charge in [0.05, 0.1) is 11.8 Å². The zero-order valence-electron chi connectivity index (χ0n) is 12.5. The molecular weight excluding hydrogens is 298 g/mol. The Kier molecular flexibility index (Phi) is 4.49. The Labute approximate surface area is 133 Å². The second-order valence-electron chi connectivity index (χ2n) is 5.51. The van der Waals surface area contributed by atoms with Gasteiger partial charge >= 0.3 is 5.97 Å². The molecule has 1 fully saturated rings. The fraction of sp³-hybridized carbons (Fsp3) is 0.375. The van der Waals surface area contributed by atoms with E-state index in [1.165, 1.54) is 5.56 Å². The molecule has 6 heteroatoms. The van der Waals surface area contributed by atoms with Crippen molar-refractivity contribution < 1.29 is 9.90 Å². The minimum absolute atomic E-state index is 0.335. The minimum atomic E-state index is -0.880. The topological polar surface area (TPSA) is 58.4 Å². The molecule has 0 amide bonds. The zero-order valence-corrected chi connectivity index (χ0v) is 13.3. The van der Waals surface area contributed by atoms with Crippen LogP contribution in [-0.4, -0.2) is 43.8 Å². The van der Waals surface area contributed by atoms with E-state index in [0.717, 1.165) is 30.2 Å². The average molecular weight is 317 g/mol. The second-order valence-corrected chi connectivity index (χ2v) is 6.66. The number of carboxylic acids is 1. The largest absolute Gasteiger partial charge is 0.478 e. The monoisotopic (exact) mass is 317 g/mol. The van der Waals surface area contributed by atoms with E-state index in [2.05, 4.69) is 16.2 Å². The lowest BCUT2D eigenvalue weighted by Gasteiger charge is -2.35. The molecule has 1 saturated heterocycles. The number of hydrogen-bond donors (Lipinski definition) is 1. The maximum atomic E-state index is 10.9. The van der Waals surface area contributed by atoms with Gasteiger partial charge in [-0.25, -0.2) is 4.79 Å². The molecule has 0 bridgehead atoms. The summed E-state index contributed by atoms with van der Waals surface area (Å²) in [5.74, 6) is 1.32. The van der Waals surface area contributed by atoms with E-state index in [9.17, 15) is 4.79 Å². The summed E-state index contributed by atoms with van der Waals surface area (Å²) >= 11 is 1.97. The van der Waals surface area contributed by atoms with E-state index in [-0.39, 0.29) is 0 Å². The molecule has 1 N–H and O–H groups in total. The average Bonchev–Trinajstić information content (AvgIpc) is 2.95. The fourth-order valence-electron chi connectivity index (χ4n) is 2.73. The number of carboxylic acid groups (broad SMARTS) is 1. The normalized spacial score (nSPS) is 19.2. The first-order valence-electron chi connectivity index (χ1n) is 7.26. The molecule has 1 aliphatic rings. The SMILES string of the molecule is Cn1cc(C2CSCCN2Cc2ccc(C(=O)O)cc2)cn1. The molecule has 116 valence electrons. The van der Waals surface area contributed by atoms with E-state index in [1.54, 1.807) is 12.1 Å². The highest BCUT2D eigenvalue weighted by Crippen LogP contribution is 2.30. The van der Waals surface area contributed by atoms with Gasteiger partial charge in [0, 0.05) is 49.4 Å². The summed E-state index contributed by atoms with van der Waals surface area (Å²) in [6, 6.07) is 7.54. The Hall–Kier alpha value is -1.79. The molecule has 0 spiro atoms. The minimum Gasteiger partial charge on any atom is -0.478 e. The van der Waals surface area contributed by atoms with Crippen molar-refractivity contribution in [2.24, 2.45) is 7.05 Å². The van der Waals surface area contributed by atoms with Crippen LogP contribution >= 0.6 is 11.8 Å². The lowest BCUT2D eigenvalue weighted by molar-refractivity contribution is 0.0697. The Morgan fingerprint density at radius 1 is 1.41 bits per heavy atom. The van der Waals surface area contributed by atoms with Crippen molar-refractivity contribution in [3.8, 4) is 0 Å². The van der Waals surface area contributed by atoms with Gasteiger partial charge in [-0.2, -0.15) is 16.9 Å². The smallest absolute Gasteiger partial charge is 0.335 e. The molecule has 1 unspecified atom stereocenters. The van der Waals surface area contributed by atoms with Crippen molar-refractivity contribution in [1.82, 2.24) is 14.7 Å². The first-order chi connectivity index (χ1) is 10.6. The van der Waals surface area contributed by atoms with Crippen LogP contribution in [0.4, 0.5) is 0 Å². The number of aromatic carboxylic acids is 1. The maximum absolute atomic E-state index is 10.9. The molecule has 0 aliphatic carbocycles. The second kappa shape index (κ2) is 6.54. The molecular formula is C16H19N3O2S. The third-order valence-corrected chi connectivity index (χ3v) is 4.96. The van der Waals surface area contributed by atoms with Crippen LogP contribution in [0.1, 0.15) is 27.5 Å². The number of rotatable bonds is 4. The molecule has 1 atom stereocenters. The summed E-state index contributed by atoms with van der Waals surface area (Å²) in [7, 11) is 1.94. The summed E-state index contributed by atoms with van der Waals surface area (Å²) < 4.78 is 1.84. The number of carbonyl (C=O) groups is 1. The molecule has 0 radical (unpaired) electrons. The quantitative estimate of drug-likeness (QED) is 0.938. The lowest BCUT2D eigenvalue weighted by Crippen LogP contribution is -2.35. The van der Waals surface area contributed by atoms with Gasteiger partial charge in [-0.1, -0.05) is 12.1 Å². The van der Waals surface area contributed by atoms with Crippen LogP contribution in [0.25, 0.3) is 0 Å². The van der Waals surface area contributed by atoms with Gasteiger partial charge in [0.15, 0.2) is 0 Å². The maximum Gasteiger partial charge on any atom is 0.335 e. The van der Waals surface area contributed by atoms with Gasteiger partial charge in [-0.3, -0.25) is 9.58 Å². The first kappa shape index (κ1) is 15.1. The standard InChI is InChI=1S/C16H19N3O2S/c1-18-10-14(8-17-18)15-11-22-7-6-19(15)9-12-2-4-13(5-3-12)16(20)21/h2-5,8,10,15H,6-7,9,11H2,1H3,(H,20,21). The molecule has 1 aromatic heterocycles. The Morgan fingerprint density at radius 2 is 2.18 bits per heavy atom. The number of benzene rings is 1. The Morgan fingerprint density at radius 3 is 2.82 bits per heavy atom. The van der Waals surface area contributed by atoms with Crippen molar-refractivity contribution >= 4 is 17.7 Å². The molecule has 1 aromatic carbocycles. The van der Waals surface area contributed by atoms with Crippen LogP contribution < -0.4 is 0 Å². The van der Waals surface area contributed by atoms with E-state index in [4.69, 9.17) is 5.11 Å². The third kappa shape index (κ3) is 3.34. The summed E-state index contributed by atoms with van der Waals surface area (Å²) in [5.41, 5.74) is 2.73. The lowest BCUT2D eigenvalue weighted by atomic mass is 10.1. The van der Waals surface area contributed by atoms with Gasteiger partial charge in [-0.15, -0.1) is 0 Å².